The van der Waals surface area contributed by atoms with Crippen LogP contribution in [-0.2, 0) is 9.59 Å². The summed E-state index contributed by atoms with van der Waals surface area (Å²) in [7, 11) is 0. The molecule has 0 bridgehead atoms. The number of aliphatic carboxylic acids is 1. The fourth-order valence-corrected chi connectivity index (χ4v) is 3.23. The Morgan fingerprint density at radius 1 is 1.37 bits per heavy atom. The molecule has 0 aromatic rings. The normalized spacial score (nSPS) is 31.2. The second-order valence-electron chi connectivity index (χ2n) is 5.88. The van der Waals surface area contributed by atoms with Gasteiger partial charge in [0.05, 0.1) is 11.8 Å². The molecule has 1 aliphatic carbocycles. The lowest BCUT2D eigenvalue weighted by Gasteiger charge is -2.29. The van der Waals surface area contributed by atoms with E-state index in [0.29, 0.717) is 18.9 Å². The molecule has 3 atom stereocenters. The van der Waals surface area contributed by atoms with Gasteiger partial charge in [0.25, 0.3) is 0 Å². The van der Waals surface area contributed by atoms with Crippen LogP contribution in [0.15, 0.2) is 11.6 Å². The van der Waals surface area contributed by atoms with Crippen LogP contribution in [0.25, 0.3) is 0 Å². The summed E-state index contributed by atoms with van der Waals surface area (Å²) in [4.78, 5) is 25.7. The van der Waals surface area contributed by atoms with Crippen molar-refractivity contribution in [3.05, 3.63) is 11.6 Å². The Balaban J connectivity index is 2.06. The number of carboxylic acid groups (broad SMARTS) is 1. The van der Waals surface area contributed by atoms with Crippen LogP contribution in [0.5, 0.6) is 0 Å². The number of carboxylic acids is 1. The van der Waals surface area contributed by atoms with Crippen molar-refractivity contribution in [1.29, 1.82) is 0 Å². The van der Waals surface area contributed by atoms with Gasteiger partial charge in [0, 0.05) is 13.1 Å². The number of carbonyl (C=O) groups is 2. The number of hydrogen-bond donors (Lipinski definition) is 1. The van der Waals surface area contributed by atoms with Crippen LogP contribution in [-0.4, -0.2) is 35.0 Å². The summed E-state index contributed by atoms with van der Waals surface area (Å²) in [5.74, 6) is -1.17. The van der Waals surface area contributed by atoms with Crippen molar-refractivity contribution < 1.29 is 14.7 Å². The van der Waals surface area contributed by atoms with Gasteiger partial charge in [-0.1, -0.05) is 25.0 Å². The zero-order valence-corrected chi connectivity index (χ0v) is 11.8. The Labute approximate surface area is 114 Å². The molecule has 3 unspecified atom stereocenters. The van der Waals surface area contributed by atoms with Gasteiger partial charge >= 0.3 is 5.97 Å². The molecule has 106 valence electrons. The molecule has 0 radical (unpaired) electrons. The van der Waals surface area contributed by atoms with Crippen molar-refractivity contribution in [2.45, 2.75) is 39.5 Å². The van der Waals surface area contributed by atoms with Crippen LogP contribution in [0.3, 0.4) is 0 Å². The van der Waals surface area contributed by atoms with Gasteiger partial charge in [-0.25, -0.2) is 0 Å². The van der Waals surface area contributed by atoms with Crippen LogP contribution in [0.4, 0.5) is 0 Å². The molecule has 1 aliphatic heterocycles. The molecule has 0 spiro atoms. The Bertz CT molecular complexity index is 402. The van der Waals surface area contributed by atoms with Crippen molar-refractivity contribution in [2.75, 3.05) is 13.1 Å². The van der Waals surface area contributed by atoms with Crippen LogP contribution >= 0.6 is 0 Å². The van der Waals surface area contributed by atoms with Crippen LogP contribution in [0.1, 0.15) is 39.5 Å². The third kappa shape index (κ3) is 2.99. The molecule has 0 saturated heterocycles. The lowest BCUT2D eigenvalue weighted by atomic mass is 9.94. The van der Waals surface area contributed by atoms with Crippen molar-refractivity contribution in [1.82, 2.24) is 4.90 Å². The molecule has 19 heavy (non-hydrogen) atoms. The summed E-state index contributed by atoms with van der Waals surface area (Å²) in [5, 5.41) is 9.30. The Kier molecular flexibility index (Phi) is 4.27. The van der Waals surface area contributed by atoms with Crippen molar-refractivity contribution in [3.63, 3.8) is 0 Å². The zero-order chi connectivity index (χ0) is 14.0. The van der Waals surface area contributed by atoms with Crippen molar-refractivity contribution in [3.8, 4) is 0 Å². The second-order valence-corrected chi connectivity index (χ2v) is 5.88. The monoisotopic (exact) mass is 265 g/mol. The molecule has 4 nitrogen and oxygen atoms in total. The topological polar surface area (TPSA) is 57.6 Å². The minimum atomic E-state index is -0.807. The molecular weight excluding hydrogens is 242 g/mol. The van der Waals surface area contributed by atoms with E-state index in [4.69, 9.17) is 0 Å². The molecule has 1 amide bonds. The summed E-state index contributed by atoms with van der Waals surface area (Å²) < 4.78 is 0. The maximum Gasteiger partial charge on any atom is 0.307 e. The molecule has 4 heteroatoms. The van der Waals surface area contributed by atoms with E-state index in [1.54, 1.807) is 0 Å². The average molecular weight is 265 g/mol. The molecule has 0 aromatic carbocycles. The minimum Gasteiger partial charge on any atom is -0.481 e. The second kappa shape index (κ2) is 5.76. The SMILES string of the molecule is CCC1CC(C(=O)O)C(C(=O)N2CC=C(C)CC2)C1. The van der Waals surface area contributed by atoms with Gasteiger partial charge < -0.3 is 10.0 Å². The predicted molar refractivity (Wildman–Crippen MR) is 72.6 cm³/mol. The van der Waals surface area contributed by atoms with Crippen molar-refractivity contribution in [2.24, 2.45) is 17.8 Å². The van der Waals surface area contributed by atoms with E-state index in [0.717, 1.165) is 25.8 Å². The molecular formula is C15H23NO3. The zero-order valence-electron chi connectivity index (χ0n) is 11.8. The molecule has 1 fully saturated rings. The van der Waals surface area contributed by atoms with E-state index >= 15 is 0 Å². The number of nitrogens with zero attached hydrogens (tertiary/aromatic N) is 1. The van der Waals surface area contributed by atoms with Gasteiger partial charge in [-0.2, -0.15) is 0 Å². The molecule has 0 aromatic heterocycles. The molecule has 1 heterocycles. The van der Waals surface area contributed by atoms with Gasteiger partial charge in [-0.15, -0.1) is 0 Å². The Morgan fingerprint density at radius 3 is 2.58 bits per heavy atom. The highest BCUT2D eigenvalue weighted by molar-refractivity contribution is 5.85. The summed E-state index contributed by atoms with van der Waals surface area (Å²) in [5.41, 5.74) is 1.32. The first-order valence-electron chi connectivity index (χ1n) is 7.20. The van der Waals surface area contributed by atoms with Crippen molar-refractivity contribution >= 4 is 11.9 Å². The standard InChI is InChI=1S/C15H23NO3/c1-3-11-8-12(13(9-11)15(18)19)14(17)16-6-4-10(2)5-7-16/h4,11-13H,3,5-9H2,1-2H3,(H,18,19). The van der Waals surface area contributed by atoms with E-state index in [2.05, 4.69) is 19.9 Å². The first-order valence-corrected chi connectivity index (χ1v) is 7.20. The largest absolute Gasteiger partial charge is 0.481 e. The van der Waals surface area contributed by atoms with E-state index < -0.39 is 11.9 Å². The van der Waals surface area contributed by atoms with Crippen LogP contribution < -0.4 is 0 Å². The van der Waals surface area contributed by atoms with E-state index in [1.165, 1.54) is 5.57 Å². The summed E-state index contributed by atoms with van der Waals surface area (Å²) in [6.07, 6.45) is 5.35. The minimum absolute atomic E-state index is 0.0482. The van der Waals surface area contributed by atoms with Gasteiger partial charge in [-0.05, 0) is 32.1 Å². The van der Waals surface area contributed by atoms with Gasteiger partial charge in [0.15, 0.2) is 0 Å². The average Bonchev–Trinajstić information content (AvgIpc) is 2.83. The third-order valence-corrected chi connectivity index (χ3v) is 4.62. The predicted octanol–water partition coefficient (Wildman–Crippen LogP) is 2.30. The number of carbonyl (C=O) groups excluding carboxylic acids is 1. The van der Waals surface area contributed by atoms with E-state index in [-0.39, 0.29) is 11.8 Å². The van der Waals surface area contributed by atoms with E-state index in [1.807, 2.05) is 4.90 Å². The lowest BCUT2D eigenvalue weighted by molar-refractivity contribution is -0.149. The fraction of sp³-hybridized carbons (Fsp3) is 0.733. The maximum absolute atomic E-state index is 12.5. The highest BCUT2D eigenvalue weighted by atomic mass is 16.4. The number of amides is 1. The molecule has 2 aliphatic rings. The fourth-order valence-electron chi connectivity index (χ4n) is 3.23. The molecule has 1 saturated carbocycles. The Hall–Kier alpha value is -1.32. The van der Waals surface area contributed by atoms with Gasteiger partial charge in [0.2, 0.25) is 5.91 Å². The highest BCUT2D eigenvalue weighted by Crippen LogP contribution is 2.39. The maximum atomic E-state index is 12.5. The molecule has 1 N–H and O–H groups in total. The lowest BCUT2D eigenvalue weighted by Crippen LogP contribution is -2.41. The summed E-state index contributed by atoms with van der Waals surface area (Å²) in [6.45, 7) is 5.53. The van der Waals surface area contributed by atoms with Crippen LogP contribution in [0, 0.1) is 17.8 Å². The Morgan fingerprint density at radius 2 is 2.05 bits per heavy atom. The quantitative estimate of drug-likeness (QED) is 0.797. The smallest absolute Gasteiger partial charge is 0.307 e. The third-order valence-electron chi connectivity index (χ3n) is 4.62. The highest BCUT2D eigenvalue weighted by Gasteiger charge is 2.43. The number of rotatable bonds is 3. The summed E-state index contributed by atoms with van der Waals surface area (Å²) in [6, 6.07) is 0. The van der Waals surface area contributed by atoms with Gasteiger partial charge in [-0.3, -0.25) is 9.59 Å². The first kappa shape index (κ1) is 14.1. The van der Waals surface area contributed by atoms with Gasteiger partial charge in [0.1, 0.15) is 0 Å². The van der Waals surface area contributed by atoms with E-state index in [9.17, 15) is 14.7 Å². The summed E-state index contributed by atoms with van der Waals surface area (Å²) >= 11 is 0. The number of hydrogen-bond acceptors (Lipinski definition) is 2. The molecule has 2 rings (SSSR count). The first-order chi connectivity index (χ1) is 9.02. The van der Waals surface area contributed by atoms with Crippen LogP contribution in [0.2, 0.25) is 0 Å².